The fourth-order valence-electron chi connectivity index (χ4n) is 12.1. The van der Waals surface area contributed by atoms with E-state index in [1.54, 1.807) is 0 Å². The van der Waals surface area contributed by atoms with E-state index in [1.807, 2.05) is 0 Å². The van der Waals surface area contributed by atoms with Crippen LogP contribution in [0.4, 0.5) is 0 Å². The zero-order chi connectivity index (χ0) is 64.1. The van der Waals surface area contributed by atoms with Crippen LogP contribution in [0.25, 0.3) is 0 Å². The Morgan fingerprint density at radius 2 is 0.284 bits per heavy atom. The lowest BCUT2D eigenvalue weighted by Gasteiger charge is -2.50. The van der Waals surface area contributed by atoms with E-state index in [-0.39, 0.29) is 6.42 Å². The summed E-state index contributed by atoms with van der Waals surface area (Å²) in [4.78, 5) is 0. The van der Waals surface area contributed by atoms with Crippen LogP contribution in [0.2, 0.25) is 0 Å². The van der Waals surface area contributed by atoms with Gasteiger partial charge in [-0.25, -0.2) is 0 Å². The Kier molecular flexibility index (Phi) is 24.1. The van der Waals surface area contributed by atoms with Crippen molar-refractivity contribution in [1.82, 2.24) is 0 Å². The average molecular weight is 1300 g/mol. The summed E-state index contributed by atoms with van der Waals surface area (Å²) in [5.41, 5.74) is 0. The van der Waals surface area contributed by atoms with E-state index in [9.17, 15) is 117 Å². The maximum Gasteiger partial charge on any atom is 0.187 e. The Hall–Kier alpha value is -1.56. The van der Waals surface area contributed by atoms with Gasteiger partial charge in [0.05, 0.1) is 52.4 Å². The third kappa shape index (κ3) is 13.8. The molecule has 30 aliphatic heterocycles. The Morgan fingerprint density at radius 1 is 0.170 bits per heavy atom. The number of hydrogen-bond acceptors (Lipinski definition) is 39. The van der Waals surface area contributed by atoms with Gasteiger partial charge in [-0.3, -0.25) is 0 Å². The van der Waals surface area contributed by atoms with Crippen LogP contribution >= 0.6 is 0 Å². The van der Waals surface area contributed by atoms with Gasteiger partial charge in [0, 0.05) is 0 Å². The molecule has 0 aromatic heterocycles. The van der Waals surface area contributed by atoms with E-state index in [2.05, 4.69) is 0 Å². The Bertz CT molecular complexity index is 1700. The lowest BCUT2D eigenvalue weighted by molar-refractivity contribution is -0.403. The van der Waals surface area contributed by atoms with Crippen molar-refractivity contribution in [2.75, 3.05) is 46.2 Å². The number of aliphatic hydroxyl groups excluding tert-OH is 23. The van der Waals surface area contributed by atoms with E-state index in [4.69, 9.17) is 75.8 Å². The molecular formula is C49H82O39. The predicted octanol–water partition coefficient (Wildman–Crippen LogP) is -16.0. The standard InChI is InChI=1S/C49H82O39/c1-2-10-34-18(57)26(65)42(73-10)82-35-11(3-50)75-44(28(67)20(35)59)84-37-13(5-52)77-46(30(69)22(37)61)86-39-15(7-54)79-48(32(71)24(39)63)88-41-17(9-56)80-49(33(72)25(41)64)87-40-16(8-55)78-47(31(70)23(40)62)85-38-14(6-53)76-45(29(68)21(38)60)83-36-12(4-51)74-43(81-34)27(66)19(36)58/h10-72H,2-9H2,1H3. The molecule has 40 atom stereocenters. The molecule has 39 nitrogen and oxygen atoms in total. The molecule has 0 aliphatic carbocycles. The molecule has 0 spiro atoms. The summed E-state index contributed by atoms with van der Waals surface area (Å²) in [5.74, 6) is 0. The van der Waals surface area contributed by atoms with E-state index in [1.165, 1.54) is 6.92 Å². The van der Waals surface area contributed by atoms with Crippen molar-refractivity contribution in [3.8, 4) is 0 Å². The minimum atomic E-state index is -2.24. The molecule has 88 heavy (non-hydrogen) atoms. The first-order valence-corrected chi connectivity index (χ1v) is 28.5. The third-order valence-corrected chi connectivity index (χ3v) is 17.1. The molecule has 39 heteroatoms. The normalized spacial score (nSPS) is 55.4. The van der Waals surface area contributed by atoms with Gasteiger partial charge in [-0.1, -0.05) is 6.92 Å². The topological polar surface area (TPSA) is 613 Å². The molecule has 40 unspecified atom stereocenters. The zero-order valence-corrected chi connectivity index (χ0v) is 46.6. The van der Waals surface area contributed by atoms with Crippen molar-refractivity contribution < 1.29 is 193 Å². The van der Waals surface area contributed by atoms with E-state index in [0.29, 0.717) is 0 Å². The maximum absolute atomic E-state index is 11.5. The van der Waals surface area contributed by atoms with Crippen LogP contribution in [0.5, 0.6) is 0 Å². The molecule has 30 saturated heterocycles. The molecule has 23 N–H and O–H groups in total. The number of ether oxygens (including phenoxy) is 16. The molecule has 0 radical (unpaired) electrons. The Morgan fingerprint density at radius 3 is 0.398 bits per heavy atom. The lowest BCUT2D eigenvalue weighted by atomic mass is 9.94. The Labute approximate surface area is 497 Å². The molecule has 30 aliphatic rings. The quantitative estimate of drug-likeness (QED) is 0.107. The molecule has 0 aromatic carbocycles. The molecule has 0 aromatic rings. The van der Waals surface area contributed by atoms with Crippen molar-refractivity contribution in [2.24, 2.45) is 0 Å². The number of rotatable bonds is 8. The largest absolute Gasteiger partial charge is 0.394 e. The van der Waals surface area contributed by atoms with Crippen molar-refractivity contribution in [3.63, 3.8) is 0 Å². The lowest BCUT2D eigenvalue weighted by Crippen LogP contribution is -2.69. The first-order chi connectivity index (χ1) is 41.9. The van der Waals surface area contributed by atoms with E-state index < -0.39 is 292 Å². The molecule has 30 rings (SSSR count). The van der Waals surface area contributed by atoms with Crippen molar-refractivity contribution in [2.45, 2.75) is 259 Å². The highest BCUT2D eigenvalue weighted by atomic mass is 16.8. The van der Waals surface area contributed by atoms with Crippen LogP contribution in [0, 0.1) is 0 Å². The van der Waals surface area contributed by atoms with Gasteiger partial charge < -0.3 is 193 Å². The summed E-state index contributed by atoms with van der Waals surface area (Å²) in [6.45, 7) is -5.88. The van der Waals surface area contributed by atoms with Crippen molar-refractivity contribution >= 4 is 0 Å². The molecule has 0 amide bonds. The monoisotopic (exact) mass is 1290 g/mol. The van der Waals surface area contributed by atoms with Crippen LogP contribution in [-0.4, -0.2) is 409 Å². The predicted molar refractivity (Wildman–Crippen MR) is 264 cm³/mol. The highest BCUT2D eigenvalue weighted by Crippen LogP contribution is 2.40. The fourth-order valence-corrected chi connectivity index (χ4v) is 12.1. The van der Waals surface area contributed by atoms with Gasteiger partial charge in [0.1, 0.15) is 189 Å². The molecule has 30 fully saturated rings. The van der Waals surface area contributed by atoms with Gasteiger partial charge in [-0.15, -0.1) is 0 Å². The molecule has 512 valence electrons. The SMILES string of the molecule is CCC1OC2OC3C(CO)OC(OC4C(CO)OC(OC5C(CO)OC(OC6C(CO)OC(OC7C(CO)OC(OC8C(CO)OC(OC9C(CO)OC(OC1C(O)C2O)C(O)C9O)C(O)C8O)C(O)C7O)C(O)C6O)C(O)C5O)C(O)C4O)C(O)C3O. The summed E-state index contributed by atoms with van der Waals surface area (Å²) in [5, 5.41) is 255. The maximum atomic E-state index is 11.5. The second-order valence-electron chi connectivity index (χ2n) is 22.7. The second kappa shape index (κ2) is 30.0. The van der Waals surface area contributed by atoms with E-state index >= 15 is 0 Å². The average Bonchev–Trinajstić information content (AvgIpc) is 0.985. The number of aliphatic hydroxyl groups is 23. The summed E-state index contributed by atoms with van der Waals surface area (Å²) in [7, 11) is 0. The molecule has 0 saturated carbocycles. The first kappa shape index (κ1) is 70.7. The highest BCUT2D eigenvalue weighted by molar-refractivity contribution is 5.02. The molecule has 30 heterocycles. The van der Waals surface area contributed by atoms with Crippen LogP contribution in [0.15, 0.2) is 0 Å². The zero-order valence-electron chi connectivity index (χ0n) is 46.6. The number of hydrogen-bond donors (Lipinski definition) is 23. The minimum absolute atomic E-state index is 0.0801. The van der Waals surface area contributed by atoms with Gasteiger partial charge in [0.25, 0.3) is 0 Å². The van der Waals surface area contributed by atoms with Crippen LogP contribution in [-0.2, 0) is 75.8 Å². The van der Waals surface area contributed by atoms with Crippen LogP contribution in [0.1, 0.15) is 13.3 Å². The van der Waals surface area contributed by atoms with Crippen LogP contribution in [0.3, 0.4) is 0 Å². The van der Waals surface area contributed by atoms with Gasteiger partial charge in [-0.2, -0.15) is 0 Å². The van der Waals surface area contributed by atoms with Crippen molar-refractivity contribution in [1.29, 1.82) is 0 Å². The van der Waals surface area contributed by atoms with Gasteiger partial charge in [0.15, 0.2) is 50.3 Å². The Balaban J connectivity index is 0.975. The highest BCUT2D eigenvalue weighted by Gasteiger charge is 2.60. The fraction of sp³-hybridized carbons (Fsp3) is 1.00. The summed E-state index contributed by atoms with van der Waals surface area (Å²) >= 11 is 0. The minimum Gasteiger partial charge on any atom is -0.394 e. The third-order valence-electron chi connectivity index (χ3n) is 17.1. The van der Waals surface area contributed by atoms with Gasteiger partial charge in [-0.05, 0) is 6.42 Å². The molecule has 16 bridgehead atoms. The first-order valence-electron chi connectivity index (χ1n) is 28.5. The van der Waals surface area contributed by atoms with E-state index in [0.717, 1.165) is 0 Å². The van der Waals surface area contributed by atoms with Crippen LogP contribution < -0.4 is 0 Å². The summed E-state index contributed by atoms with van der Waals surface area (Å²) in [6, 6.07) is 0. The van der Waals surface area contributed by atoms with Gasteiger partial charge in [0.2, 0.25) is 0 Å². The summed E-state index contributed by atoms with van der Waals surface area (Å²) in [6.07, 6.45) is -79.8. The van der Waals surface area contributed by atoms with Gasteiger partial charge >= 0.3 is 0 Å². The van der Waals surface area contributed by atoms with Crippen molar-refractivity contribution in [3.05, 3.63) is 0 Å². The molecular weight excluding hydrogens is 1210 g/mol. The second-order valence-corrected chi connectivity index (χ2v) is 22.7. The summed E-state index contributed by atoms with van der Waals surface area (Å²) < 4.78 is 91.9. The smallest absolute Gasteiger partial charge is 0.187 e.